The van der Waals surface area contributed by atoms with Crippen LogP contribution < -0.4 is 11.1 Å². The van der Waals surface area contributed by atoms with Crippen LogP contribution in [0.5, 0.6) is 0 Å². The Balaban J connectivity index is 1.97. The molecule has 0 saturated carbocycles. The van der Waals surface area contributed by atoms with E-state index in [-0.39, 0.29) is 24.2 Å². The lowest BCUT2D eigenvalue weighted by atomic mass is 9.78. The first kappa shape index (κ1) is 22.9. The molecular formula is C21H30N2O8. The van der Waals surface area contributed by atoms with Crippen LogP contribution in [0.1, 0.15) is 40.5 Å². The molecule has 3 N–H and O–H groups in total. The Hall–Kier alpha value is -2.78. The molecule has 4 unspecified atom stereocenters. The van der Waals surface area contributed by atoms with Crippen LogP contribution in [0.3, 0.4) is 0 Å². The van der Waals surface area contributed by atoms with Crippen molar-refractivity contribution in [2.45, 2.75) is 64.4 Å². The average molecular weight is 438 g/mol. The van der Waals surface area contributed by atoms with E-state index in [4.69, 9.17) is 24.7 Å². The summed E-state index contributed by atoms with van der Waals surface area (Å²) in [5, 5.41) is 2.68. The van der Waals surface area contributed by atoms with Crippen molar-refractivity contribution >= 4 is 24.3 Å². The van der Waals surface area contributed by atoms with Crippen LogP contribution >= 0.6 is 0 Å². The number of ether oxygens (including phenoxy) is 4. The summed E-state index contributed by atoms with van der Waals surface area (Å²) in [6.45, 7) is 6.83. The van der Waals surface area contributed by atoms with Gasteiger partial charge in [0.2, 0.25) is 0 Å². The molecule has 0 aromatic carbocycles. The first-order valence-corrected chi connectivity index (χ1v) is 10.5. The Kier molecular flexibility index (Phi) is 6.47. The number of hydrogen-bond donors (Lipinski definition) is 2. The maximum absolute atomic E-state index is 13.3. The number of fused-ring (bicyclic) bond motifs is 3. The molecule has 3 heterocycles. The summed E-state index contributed by atoms with van der Waals surface area (Å²) < 4.78 is 21.8. The number of esters is 1. The third kappa shape index (κ3) is 4.62. The molecule has 2 bridgehead atoms. The highest BCUT2D eigenvalue weighted by molar-refractivity contribution is 5.87. The predicted molar refractivity (Wildman–Crippen MR) is 106 cm³/mol. The number of rotatable bonds is 2. The molecule has 172 valence electrons. The number of nitrogens with one attached hydrogen (secondary N) is 1. The molecule has 2 saturated heterocycles. The summed E-state index contributed by atoms with van der Waals surface area (Å²) in [5.41, 5.74) is 4.70. The molecule has 0 aromatic rings. The van der Waals surface area contributed by atoms with Gasteiger partial charge in [-0.3, -0.25) is 14.4 Å². The molecule has 0 spiro atoms. The third-order valence-corrected chi connectivity index (χ3v) is 6.53. The molecule has 0 radical (unpaired) electrons. The molecule has 10 heteroatoms. The maximum Gasteiger partial charge on any atom is 0.408 e. The van der Waals surface area contributed by atoms with E-state index in [1.807, 2.05) is 6.92 Å². The molecule has 1 amide bonds. The van der Waals surface area contributed by atoms with Gasteiger partial charge >= 0.3 is 12.1 Å². The standard InChI is InChI=1S/C21H30N2O8/c1-10-5-14-6-13(7-15(22)30-14)16(25)11(2)18-21(4,31-20(27)23-18)8-28-19(26)12(3)17(10)29-9-24/h7,9-14,17-18H,5-6,8,22H2,1-4H3,(H,23,27)/t10-,11?,12?,13+,14?,17+,18?,21-/m1/s1. The number of hydrogen-bond acceptors (Lipinski definition) is 9. The van der Waals surface area contributed by atoms with Gasteiger partial charge in [-0.2, -0.15) is 0 Å². The van der Waals surface area contributed by atoms with E-state index < -0.39 is 53.7 Å². The fraction of sp³-hybridized carbons (Fsp3) is 0.714. The second-order valence-electron chi connectivity index (χ2n) is 8.97. The topological polar surface area (TPSA) is 143 Å². The number of amides is 1. The van der Waals surface area contributed by atoms with E-state index in [0.29, 0.717) is 19.3 Å². The van der Waals surface area contributed by atoms with Gasteiger partial charge in [0.25, 0.3) is 6.47 Å². The Morgan fingerprint density at radius 2 is 1.90 bits per heavy atom. The molecule has 31 heavy (non-hydrogen) atoms. The van der Waals surface area contributed by atoms with Crippen molar-refractivity contribution < 1.29 is 38.1 Å². The van der Waals surface area contributed by atoms with Crippen molar-refractivity contribution in [2.75, 3.05) is 6.61 Å². The van der Waals surface area contributed by atoms with Crippen LogP contribution in [0.4, 0.5) is 4.79 Å². The third-order valence-electron chi connectivity index (χ3n) is 6.53. The Bertz CT molecular complexity index is 783. The van der Waals surface area contributed by atoms with Crippen molar-refractivity contribution in [3.05, 3.63) is 12.0 Å². The molecule has 0 aromatic heterocycles. The molecule has 0 aliphatic carbocycles. The Morgan fingerprint density at radius 3 is 2.58 bits per heavy atom. The van der Waals surface area contributed by atoms with Gasteiger partial charge in [-0.1, -0.05) is 13.8 Å². The molecule has 10 nitrogen and oxygen atoms in total. The minimum Gasteiger partial charge on any atom is -0.476 e. The maximum atomic E-state index is 13.3. The van der Waals surface area contributed by atoms with Gasteiger partial charge in [-0.25, -0.2) is 4.79 Å². The van der Waals surface area contributed by atoms with Crippen molar-refractivity contribution in [3.8, 4) is 0 Å². The van der Waals surface area contributed by atoms with E-state index in [2.05, 4.69) is 5.32 Å². The fourth-order valence-corrected chi connectivity index (χ4v) is 4.87. The number of carbonyl (C=O) groups is 4. The quantitative estimate of drug-likeness (QED) is 0.367. The minimum atomic E-state index is -1.24. The molecule has 2 fully saturated rings. The van der Waals surface area contributed by atoms with E-state index >= 15 is 0 Å². The summed E-state index contributed by atoms with van der Waals surface area (Å²) in [5.74, 6) is -2.72. The van der Waals surface area contributed by atoms with E-state index in [9.17, 15) is 19.2 Å². The molecule has 3 rings (SSSR count). The number of allylic oxidation sites excluding steroid dienone is 1. The summed E-state index contributed by atoms with van der Waals surface area (Å²) in [7, 11) is 0. The highest BCUT2D eigenvalue weighted by Gasteiger charge is 2.52. The zero-order chi connectivity index (χ0) is 22.9. The summed E-state index contributed by atoms with van der Waals surface area (Å²) in [6, 6.07) is -0.699. The smallest absolute Gasteiger partial charge is 0.408 e. The largest absolute Gasteiger partial charge is 0.476 e. The lowest BCUT2D eigenvalue weighted by Crippen LogP contribution is -2.53. The second kappa shape index (κ2) is 8.76. The number of Topliss-reactive ketones (excluding diaryl/α,β-unsaturated/α-hetero) is 1. The number of alkyl carbamates (subject to hydrolysis) is 1. The Morgan fingerprint density at radius 1 is 1.19 bits per heavy atom. The summed E-state index contributed by atoms with van der Waals surface area (Å²) in [4.78, 5) is 49.1. The van der Waals surface area contributed by atoms with Crippen LogP contribution in [0, 0.1) is 23.7 Å². The van der Waals surface area contributed by atoms with Gasteiger partial charge in [-0.15, -0.1) is 0 Å². The molecule has 3 aliphatic heterocycles. The monoisotopic (exact) mass is 438 g/mol. The highest BCUT2D eigenvalue weighted by atomic mass is 16.6. The number of nitrogens with two attached hydrogens (primary N) is 1. The SMILES string of the molecule is CC1C(=O)[C@@H]2C=C(N)OC(C2)C[C@@H](C)[C@H](OC=O)C(C)C(=O)OC[C@@]2(C)OC(=O)NC12. The van der Waals surface area contributed by atoms with Crippen molar-refractivity contribution in [1.82, 2.24) is 5.32 Å². The van der Waals surface area contributed by atoms with Crippen molar-refractivity contribution in [1.29, 1.82) is 0 Å². The normalized spacial score (nSPS) is 41.4. The van der Waals surface area contributed by atoms with Crippen molar-refractivity contribution in [3.63, 3.8) is 0 Å². The van der Waals surface area contributed by atoms with Gasteiger partial charge in [0, 0.05) is 11.8 Å². The summed E-state index contributed by atoms with van der Waals surface area (Å²) in [6.07, 6.45) is 0.554. The summed E-state index contributed by atoms with van der Waals surface area (Å²) >= 11 is 0. The van der Waals surface area contributed by atoms with Gasteiger partial charge in [0.1, 0.15) is 24.6 Å². The average Bonchev–Trinajstić information content (AvgIpc) is 3.01. The number of carbonyl (C=O) groups excluding carboxylic acids is 4. The zero-order valence-corrected chi connectivity index (χ0v) is 18.2. The first-order chi connectivity index (χ1) is 14.6. The minimum absolute atomic E-state index is 0.122. The van der Waals surface area contributed by atoms with Gasteiger partial charge < -0.3 is 30.0 Å². The number of ketones is 1. The first-order valence-electron chi connectivity index (χ1n) is 10.5. The molecule has 3 aliphatic rings. The van der Waals surface area contributed by atoms with Crippen LogP contribution in [-0.4, -0.2) is 54.8 Å². The van der Waals surface area contributed by atoms with E-state index in [0.717, 1.165) is 0 Å². The van der Waals surface area contributed by atoms with Crippen LogP contribution in [0.25, 0.3) is 0 Å². The molecular weight excluding hydrogens is 408 g/mol. The van der Waals surface area contributed by atoms with E-state index in [1.54, 1.807) is 26.8 Å². The zero-order valence-electron chi connectivity index (χ0n) is 18.2. The van der Waals surface area contributed by atoms with Crippen LogP contribution in [0.2, 0.25) is 0 Å². The van der Waals surface area contributed by atoms with Crippen LogP contribution in [0.15, 0.2) is 12.0 Å². The number of cyclic esters (lactones) is 1. The van der Waals surface area contributed by atoms with E-state index in [1.165, 1.54) is 0 Å². The van der Waals surface area contributed by atoms with Crippen molar-refractivity contribution in [2.24, 2.45) is 29.4 Å². The van der Waals surface area contributed by atoms with Gasteiger partial charge in [-0.05, 0) is 38.7 Å². The van der Waals surface area contributed by atoms with Gasteiger partial charge in [0.15, 0.2) is 11.5 Å². The second-order valence-corrected chi connectivity index (χ2v) is 8.97. The fourth-order valence-electron chi connectivity index (χ4n) is 4.87. The van der Waals surface area contributed by atoms with Gasteiger partial charge in [0.05, 0.1) is 12.0 Å². The van der Waals surface area contributed by atoms with Crippen LogP contribution in [-0.2, 0) is 33.3 Å². The lowest BCUT2D eigenvalue weighted by molar-refractivity contribution is -0.164. The predicted octanol–water partition coefficient (Wildman–Crippen LogP) is 1.02. The highest BCUT2D eigenvalue weighted by Crippen LogP contribution is 2.35. The lowest BCUT2D eigenvalue weighted by Gasteiger charge is -2.36. The Labute approximate surface area is 180 Å². The molecule has 8 atom stereocenters.